The van der Waals surface area contributed by atoms with Crippen molar-refractivity contribution in [3.05, 3.63) is 65.7 Å². The van der Waals surface area contributed by atoms with Crippen molar-refractivity contribution < 1.29 is 9.53 Å². The summed E-state index contributed by atoms with van der Waals surface area (Å²) in [5.74, 6) is 2.46. The van der Waals surface area contributed by atoms with Crippen LogP contribution in [0.5, 0.6) is 11.5 Å². The Morgan fingerprint density at radius 2 is 1.96 bits per heavy atom. The van der Waals surface area contributed by atoms with Crippen molar-refractivity contribution in [1.82, 2.24) is 20.1 Å². The number of nitrogens with zero attached hydrogens (tertiary/aromatic N) is 3. The lowest BCUT2D eigenvalue weighted by molar-refractivity contribution is 0.222. The van der Waals surface area contributed by atoms with Crippen molar-refractivity contribution in [3.8, 4) is 11.5 Å². The minimum atomic E-state index is -0.139. The van der Waals surface area contributed by atoms with E-state index in [0.29, 0.717) is 24.5 Å². The van der Waals surface area contributed by atoms with Crippen LogP contribution in [-0.2, 0) is 0 Å². The number of aromatic amines is 1. The van der Waals surface area contributed by atoms with E-state index in [2.05, 4.69) is 20.5 Å². The zero-order valence-electron chi connectivity index (χ0n) is 16.0. The Morgan fingerprint density at radius 3 is 2.71 bits per heavy atom. The van der Waals surface area contributed by atoms with Crippen LogP contribution in [-0.4, -0.2) is 39.2 Å². The highest BCUT2D eigenvalue weighted by Gasteiger charge is 2.29. The summed E-state index contributed by atoms with van der Waals surface area (Å²) in [6, 6.07) is 13.4. The predicted molar refractivity (Wildman–Crippen MR) is 107 cm³/mol. The van der Waals surface area contributed by atoms with Crippen molar-refractivity contribution >= 4 is 11.7 Å². The molecule has 2 heterocycles. The van der Waals surface area contributed by atoms with Gasteiger partial charge in [-0.05, 0) is 43.5 Å². The number of hydrogen-bond donors (Lipinski definition) is 2. The number of H-pyrrole nitrogens is 1. The van der Waals surface area contributed by atoms with Crippen LogP contribution in [0.15, 0.2) is 48.8 Å². The molecule has 1 aliphatic heterocycles. The van der Waals surface area contributed by atoms with Crippen LogP contribution in [0.2, 0.25) is 0 Å². The third kappa shape index (κ3) is 3.69. The smallest absolute Gasteiger partial charge is 0.321 e. The van der Waals surface area contributed by atoms with Crippen LogP contribution >= 0.6 is 0 Å². The first-order valence-electron chi connectivity index (χ1n) is 9.36. The Labute approximate surface area is 163 Å². The molecule has 7 heteroatoms. The second-order valence-corrected chi connectivity index (χ2v) is 7.05. The summed E-state index contributed by atoms with van der Waals surface area (Å²) in [5, 5.41) is 9.79. The van der Waals surface area contributed by atoms with E-state index in [0.717, 1.165) is 29.1 Å². The standard InChI is InChI=1S/C21H23N5O2/c1-14-6-5-7-15(2)19(14)28-18-9-4-3-8-17(18)24-21(27)26-11-10-16(12-26)20-22-13-23-25-20/h3-9,13,16H,10-12H2,1-2H3,(H,24,27)(H,22,23,25)/t16-/m1/s1. The lowest BCUT2D eigenvalue weighted by atomic mass is 10.1. The number of nitrogens with one attached hydrogen (secondary N) is 2. The Balaban J connectivity index is 1.48. The molecule has 0 aliphatic carbocycles. The molecule has 0 bridgehead atoms. The second kappa shape index (κ2) is 7.72. The molecule has 1 saturated heterocycles. The zero-order chi connectivity index (χ0) is 19.5. The van der Waals surface area contributed by atoms with Gasteiger partial charge in [0, 0.05) is 19.0 Å². The largest absolute Gasteiger partial charge is 0.455 e. The highest BCUT2D eigenvalue weighted by atomic mass is 16.5. The fraction of sp³-hybridized carbons (Fsp3) is 0.286. The Kier molecular flexibility index (Phi) is 4.97. The van der Waals surface area contributed by atoms with Crippen LogP contribution < -0.4 is 10.1 Å². The van der Waals surface area contributed by atoms with E-state index in [-0.39, 0.29) is 11.9 Å². The number of rotatable bonds is 4. The van der Waals surface area contributed by atoms with E-state index in [1.807, 2.05) is 56.3 Å². The predicted octanol–water partition coefficient (Wildman–Crippen LogP) is 4.24. The number of carbonyl (C=O) groups is 1. The van der Waals surface area contributed by atoms with Gasteiger partial charge in [0.15, 0.2) is 5.75 Å². The van der Waals surface area contributed by atoms with Gasteiger partial charge < -0.3 is 15.0 Å². The zero-order valence-corrected chi connectivity index (χ0v) is 16.0. The summed E-state index contributed by atoms with van der Waals surface area (Å²) in [6.07, 6.45) is 2.36. The molecule has 1 fully saturated rings. The fourth-order valence-corrected chi connectivity index (χ4v) is 3.50. The molecule has 0 saturated carbocycles. The van der Waals surface area contributed by atoms with E-state index in [1.165, 1.54) is 6.33 Å². The molecule has 0 unspecified atom stereocenters. The maximum absolute atomic E-state index is 12.8. The number of para-hydroxylation sites is 3. The van der Waals surface area contributed by atoms with Gasteiger partial charge in [0.25, 0.3) is 0 Å². The first-order valence-corrected chi connectivity index (χ1v) is 9.36. The van der Waals surface area contributed by atoms with Crippen LogP contribution in [0.1, 0.15) is 29.3 Å². The quantitative estimate of drug-likeness (QED) is 0.712. The minimum absolute atomic E-state index is 0.139. The highest BCUT2D eigenvalue weighted by molar-refractivity contribution is 5.91. The molecule has 28 heavy (non-hydrogen) atoms. The van der Waals surface area contributed by atoms with Crippen LogP contribution in [0.3, 0.4) is 0 Å². The van der Waals surface area contributed by atoms with Crippen LogP contribution in [0.4, 0.5) is 10.5 Å². The minimum Gasteiger partial charge on any atom is -0.455 e. The Hall–Kier alpha value is -3.35. The summed E-state index contributed by atoms with van der Waals surface area (Å²) < 4.78 is 6.16. The van der Waals surface area contributed by atoms with Gasteiger partial charge in [0.1, 0.15) is 17.9 Å². The van der Waals surface area contributed by atoms with Gasteiger partial charge in [0.2, 0.25) is 0 Å². The summed E-state index contributed by atoms with van der Waals surface area (Å²) in [4.78, 5) is 18.8. The fourth-order valence-electron chi connectivity index (χ4n) is 3.50. The van der Waals surface area contributed by atoms with Crippen LogP contribution in [0.25, 0.3) is 0 Å². The number of benzene rings is 2. The van der Waals surface area contributed by atoms with Crippen LogP contribution in [0, 0.1) is 13.8 Å². The number of hydrogen-bond acceptors (Lipinski definition) is 4. The van der Waals surface area contributed by atoms with Crippen molar-refractivity contribution in [2.75, 3.05) is 18.4 Å². The summed E-state index contributed by atoms with van der Waals surface area (Å²) >= 11 is 0. The highest BCUT2D eigenvalue weighted by Crippen LogP contribution is 2.34. The maximum Gasteiger partial charge on any atom is 0.321 e. The van der Waals surface area contributed by atoms with Gasteiger partial charge in [-0.1, -0.05) is 30.3 Å². The summed E-state index contributed by atoms with van der Waals surface area (Å²) in [7, 11) is 0. The molecule has 0 radical (unpaired) electrons. The monoisotopic (exact) mass is 377 g/mol. The Morgan fingerprint density at radius 1 is 1.18 bits per heavy atom. The lowest BCUT2D eigenvalue weighted by Gasteiger charge is -2.19. The summed E-state index contributed by atoms with van der Waals surface area (Å²) in [5.41, 5.74) is 2.75. The molecule has 2 amide bonds. The molecule has 2 N–H and O–H groups in total. The van der Waals surface area contributed by atoms with Crippen molar-refractivity contribution in [2.45, 2.75) is 26.2 Å². The van der Waals surface area contributed by atoms with Crippen molar-refractivity contribution in [1.29, 1.82) is 0 Å². The van der Waals surface area contributed by atoms with E-state index in [1.54, 1.807) is 4.90 Å². The maximum atomic E-state index is 12.8. The molecule has 7 nitrogen and oxygen atoms in total. The third-order valence-electron chi connectivity index (χ3n) is 5.05. The van der Waals surface area contributed by atoms with Crippen molar-refractivity contribution in [3.63, 3.8) is 0 Å². The van der Waals surface area contributed by atoms with Gasteiger partial charge in [-0.15, -0.1) is 0 Å². The van der Waals surface area contributed by atoms with Gasteiger partial charge >= 0.3 is 6.03 Å². The van der Waals surface area contributed by atoms with Gasteiger partial charge in [-0.2, -0.15) is 5.10 Å². The van der Waals surface area contributed by atoms with Gasteiger partial charge in [-0.3, -0.25) is 5.10 Å². The van der Waals surface area contributed by atoms with E-state index >= 15 is 0 Å². The van der Waals surface area contributed by atoms with Gasteiger partial charge in [-0.25, -0.2) is 9.78 Å². The number of likely N-dealkylation sites (tertiary alicyclic amines) is 1. The normalized spacial score (nSPS) is 16.2. The Bertz CT molecular complexity index is 950. The first-order chi connectivity index (χ1) is 13.6. The average molecular weight is 377 g/mol. The molecule has 1 aliphatic rings. The first kappa shape index (κ1) is 18.0. The molecular weight excluding hydrogens is 354 g/mol. The van der Waals surface area contributed by atoms with Gasteiger partial charge in [0.05, 0.1) is 5.69 Å². The van der Waals surface area contributed by atoms with Crippen molar-refractivity contribution in [2.24, 2.45) is 0 Å². The molecule has 144 valence electrons. The SMILES string of the molecule is Cc1cccc(C)c1Oc1ccccc1NC(=O)N1CC[C@@H](c2ncn[nH]2)C1. The third-order valence-corrected chi connectivity index (χ3v) is 5.05. The topological polar surface area (TPSA) is 83.1 Å². The number of carbonyl (C=O) groups excluding carboxylic acids is 1. The lowest BCUT2D eigenvalue weighted by Crippen LogP contribution is -2.33. The number of aryl methyl sites for hydroxylation is 2. The number of ether oxygens (including phenoxy) is 1. The van der Waals surface area contributed by atoms with E-state index in [4.69, 9.17) is 4.74 Å². The number of urea groups is 1. The molecular formula is C21H23N5O2. The molecule has 4 rings (SSSR count). The molecule has 1 aromatic heterocycles. The average Bonchev–Trinajstić information content (AvgIpc) is 3.37. The second-order valence-electron chi connectivity index (χ2n) is 7.05. The molecule has 3 aromatic rings. The molecule has 2 aromatic carbocycles. The molecule has 0 spiro atoms. The molecule has 1 atom stereocenters. The van der Waals surface area contributed by atoms with E-state index < -0.39 is 0 Å². The summed E-state index contributed by atoms with van der Waals surface area (Å²) in [6.45, 7) is 5.31. The number of anilines is 1. The number of amides is 2. The van der Waals surface area contributed by atoms with E-state index in [9.17, 15) is 4.79 Å². The number of aromatic nitrogens is 3.